The molecule has 0 aliphatic heterocycles. The molecule has 0 aromatic heterocycles. The lowest BCUT2D eigenvalue weighted by Crippen LogP contribution is -1.72. The first-order chi connectivity index (χ1) is 5.66. The number of alkyl halides is 2. The van der Waals surface area contributed by atoms with Gasteiger partial charge >= 0.3 is 0 Å². The van der Waals surface area contributed by atoms with Crippen molar-refractivity contribution in [2.24, 2.45) is 0 Å². The molecule has 0 radical (unpaired) electrons. The zero-order valence-corrected chi connectivity index (χ0v) is 11.7. The second-order valence-corrected chi connectivity index (χ2v) is 7.84. The van der Waals surface area contributed by atoms with Gasteiger partial charge in [0.15, 0.2) is 0 Å². The normalized spacial score (nSPS) is 9.08. The summed E-state index contributed by atoms with van der Waals surface area (Å²) in [5, 5.41) is 0. The maximum atomic E-state index is 2.39. The summed E-state index contributed by atoms with van der Waals surface area (Å²) in [5.74, 6) is 0. The van der Waals surface area contributed by atoms with Gasteiger partial charge in [-0.1, -0.05) is 88.0 Å². The minimum absolute atomic E-state index is 0.824. The molecule has 68 valence electrons. The third-order valence-electron chi connectivity index (χ3n) is 1.25. The lowest BCUT2D eigenvalue weighted by atomic mass is 10.2. The Balaban J connectivity index is 0.000000217. The number of hydrogen-bond donors (Lipinski definition) is 0. The Kier molecular flexibility index (Phi) is 8.76. The van der Waals surface area contributed by atoms with Crippen molar-refractivity contribution in [2.45, 2.75) is 22.2 Å². The summed E-state index contributed by atoms with van der Waals surface area (Å²) in [6.07, 6.45) is 1.28. The molecule has 0 heterocycles. The van der Waals surface area contributed by atoms with E-state index in [0.717, 1.165) is 1.93 Å². The minimum atomic E-state index is 0.824. The van der Waals surface area contributed by atoms with Gasteiger partial charge in [-0.25, -0.2) is 0 Å². The molecule has 0 unspecified atom stereocenters. The molecule has 0 N–H and O–H groups in total. The van der Waals surface area contributed by atoms with Gasteiger partial charge in [0.1, 0.15) is 0 Å². The fraction of sp³-hybridized carbons (Fsp3) is 0.400. The maximum Gasteiger partial charge on any atom is 0.0624 e. The van der Waals surface area contributed by atoms with Crippen molar-refractivity contribution in [3.8, 4) is 0 Å². The second kappa shape index (κ2) is 8.29. The number of hydrogen-bond acceptors (Lipinski definition) is 0. The Labute approximate surface area is 102 Å². The highest BCUT2D eigenvalue weighted by molar-refractivity contribution is 14.2. The van der Waals surface area contributed by atoms with Crippen molar-refractivity contribution in [1.82, 2.24) is 0 Å². The van der Waals surface area contributed by atoms with Gasteiger partial charge < -0.3 is 0 Å². The summed E-state index contributed by atoms with van der Waals surface area (Å²) >= 11 is 4.79. The van der Waals surface area contributed by atoms with Gasteiger partial charge in [-0.3, -0.25) is 0 Å². The standard InChI is InChI=1S/C7H8.C3H6I2/c1-7-5-3-2-4-6-7;1-2-3(4)5/h2-6H,1H3;3H,2H2,1H3. The molecule has 1 aromatic carbocycles. The van der Waals surface area contributed by atoms with Crippen LogP contribution in [0.1, 0.15) is 18.9 Å². The number of halogens is 2. The van der Waals surface area contributed by atoms with E-state index in [0.29, 0.717) is 0 Å². The van der Waals surface area contributed by atoms with Crippen LogP contribution in [0.15, 0.2) is 30.3 Å². The molecule has 0 bridgehead atoms. The smallest absolute Gasteiger partial charge is 0.0624 e. The van der Waals surface area contributed by atoms with Gasteiger partial charge in [0, 0.05) is 0 Å². The molecule has 0 saturated carbocycles. The third kappa shape index (κ3) is 8.77. The lowest BCUT2D eigenvalue weighted by molar-refractivity contribution is 1.11. The Morgan fingerprint density at radius 1 is 1.17 bits per heavy atom. The van der Waals surface area contributed by atoms with Crippen molar-refractivity contribution < 1.29 is 0 Å². The van der Waals surface area contributed by atoms with Crippen LogP contribution in [0.25, 0.3) is 0 Å². The van der Waals surface area contributed by atoms with E-state index in [2.05, 4.69) is 71.2 Å². The molecular weight excluding hydrogens is 374 g/mol. The van der Waals surface area contributed by atoms with Crippen LogP contribution in [0.2, 0.25) is 0 Å². The van der Waals surface area contributed by atoms with Crippen LogP contribution in [0.4, 0.5) is 0 Å². The second-order valence-electron chi connectivity index (χ2n) is 2.45. The molecular formula is C10H14I2. The number of aryl methyl sites for hydroxylation is 1. The average Bonchev–Trinajstić information content (AvgIpc) is 2.07. The predicted molar refractivity (Wildman–Crippen MR) is 73.3 cm³/mol. The highest BCUT2D eigenvalue weighted by Gasteiger charge is 1.85. The van der Waals surface area contributed by atoms with Crippen LogP contribution in [0.5, 0.6) is 0 Å². The monoisotopic (exact) mass is 388 g/mol. The van der Waals surface area contributed by atoms with E-state index in [1.54, 1.807) is 0 Å². The molecule has 0 atom stereocenters. The first-order valence-electron chi connectivity index (χ1n) is 3.96. The first-order valence-corrected chi connectivity index (χ1v) is 6.45. The zero-order valence-electron chi connectivity index (χ0n) is 7.43. The molecule has 1 aromatic rings. The molecule has 0 saturated heterocycles. The van der Waals surface area contributed by atoms with E-state index in [1.807, 2.05) is 18.2 Å². The maximum absolute atomic E-state index is 2.39. The highest BCUT2D eigenvalue weighted by Crippen LogP contribution is 2.11. The average molecular weight is 388 g/mol. The molecule has 2 heteroatoms. The van der Waals surface area contributed by atoms with E-state index in [4.69, 9.17) is 0 Å². The summed E-state index contributed by atoms with van der Waals surface area (Å²) in [6.45, 7) is 4.27. The van der Waals surface area contributed by atoms with Gasteiger partial charge in [0.25, 0.3) is 0 Å². The van der Waals surface area contributed by atoms with Gasteiger partial charge in [-0.15, -0.1) is 0 Å². The predicted octanol–water partition coefficient (Wildman–Crippen LogP) is 4.59. The Bertz CT molecular complexity index is 182. The summed E-state index contributed by atoms with van der Waals surface area (Å²) in [5.41, 5.74) is 1.32. The van der Waals surface area contributed by atoms with Crippen molar-refractivity contribution in [3.63, 3.8) is 0 Å². The molecule has 0 nitrogen and oxygen atoms in total. The van der Waals surface area contributed by atoms with Crippen molar-refractivity contribution in [2.75, 3.05) is 0 Å². The summed E-state index contributed by atoms with van der Waals surface area (Å²) in [6, 6.07) is 10.3. The van der Waals surface area contributed by atoms with Gasteiger partial charge in [-0.05, 0) is 13.3 Å². The zero-order chi connectivity index (χ0) is 9.40. The first kappa shape index (κ1) is 12.7. The van der Waals surface area contributed by atoms with E-state index >= 15 is 0 Å². The SMILES string of the molecule is CCC(I)I.Cc1ccccc1. The molecule has 0 amide bonds. The molecule has 0 aliphatic rings. The van der Waals surface area contributed by atoms with E-state index in [9.17, 15) is 0 Å². The highest BCUT2D eigenvalue weighted by atomic mass is 127. The van der Waals surface area contributed by atoms with Crippen LogP contribution in [-0.2, 0) is 0 Å². The molecule has 12 heavy (non-hydrogen) atoms. The number of benzene rings is 1. The van der Waals surface area contributed by atoms with Crippen LogP contribution >= 0.6 is 45.2 Å². The fourth-order valence-corrected chi connectivity index (χ4v) is 0.534. The quantitative estimate of drug-likeness (QED) is 0.488. The van der Waals surface area contributed by atoms with E-state index in [-0.39, 0.29) is 0 Å². The molecule has 0 spiro atoms. The summed E-state index contributed by atoms with van der Waals surface area (Å²) in [7, 11) is 0. The van der Waals surface area contributed by atoms with Gasteiger partial charge in [-0.2, -0.15) is 0 Å². The van der Waals surface area contributed by atoms with Crippen molar-refractivity contribution in [1.29, 1.82) is 0 Å². The summed E-state index contributed by atoms with van der Waals surface area (Å²) < 4.78 is 0.824. The Hall–Kier alpha value is 0.680. The van der Waals surface area contributed by atoms with Crippen molar-refractivity contribution >= 4 is 45.2 Å². The van der Waals surface area contributed by atoms with Gasteiger partial charge in [0.2, 0.25) is 0 Å². The topological polar surface area (TPSA) is 0 Å². The lowest BCUT2D eigenvalue weighted by Gasteiger charge is -1.85. The molecule has 0 fully saturated rings. The van der Waals surface area contributed by atoms with Gasteiger partial charge in [0.05, 0.1) is 1.93 Å². The van der Waals surface area contributed by atoms with Crippen LogP contribution in [-0.4, -0.2) is 1.93 Å². The van der Waals surface area contributed by atoms with E-state index < -0.39 is 0 Å². The van der Waals surface area contributed by atoms with Crippen molar-refractivity contribution in [3.05, 3.63) is 35.9 Å². The van der Waals surface area contributed by atoms with Crippen LogP contribution in [0, 0.1) is 6.92 Å². The largest absolute Gasteiger partial charge is 0.0710 e. The molecule has 1 rings (SSSR count). The minimum Gasteiger partial charge on any atom is -0.0710 e. The fourth-order valence-electron chi connectivity index (χ4n) is 0.534. The van der Waals surface area contributed by atoms with Crippen LogP contribution in [0.3, 0.4) is 0 Å². The number of rotatable bonds is 1. The third-order valence-corrected chi connectivity index (χ3v) is 3.01. The van der Waals surface area contributed by atoms with Crippen LogP contribution < -0.4 is 0 Å². The Morgan fingerprint density at radius 3 is 1.75 bits per heavy atom. The molecule has 0 aliphatic carbocycles. The van der Waals surface area contributed by atoms with E-state index in [1.165, 1.54) is 12.0 Å². The Morgan fingerprint density at radius 2 is 1.58 bits per heavy atom. The summed E-state index contributed by atoms with van der Waals surface area (Å²) in [4.78, 5) is 0.